The molecule has 1 nitrogen and oxygen atoms in total. The van der Waals surface area contributed by atoms with E-state index < -0.39 is 0 Å². The maximum atomic E-state index is 3.68. The average Bonchev–Trinajstić information content (AvgIpc) is 2.24. The monoisotopic (exact) mass is 219 g/mol. The zero-order valence-corrected chi connectivity index (χ0v) is 11.1. The van der Waals surface area contributed by atoms with Crippen LogP contribution in [0.2, 0.25) is 0 Å². The van der Waals surface area contributed by atoms with Crippen LogP contribution in [-0.4, -0.2) is 6.54 Å². The second-order valence-electron chi connectivity index (χ2n) is 5.52. The Morgan fingerprint density at radius 2 is 1.75 bits per heavy atom. The number of benzene rings is 1. The van der Waals surface area contributed by atoms with Crippen molar-refractivity contribution in [1.82, 2.24) is 5.32 Å². The third-order valence-corrected chi connectivity index (χ3v) is 2.88. The van der Waals surface area contributed by atoms with E-state index in [9.17, 15) is 0 Å². The van der Waals surface area contributed by atoms with Gasteiger partial charge in [0.2, 0.25) is 0 Å². The molecule has 1 N–H and O–H groups in total. The minimum Gasteiger partial charge on any atom is -0.309 e. The fraction of sp³-hybridized carbons (Fsp3) is 0.600. The fourth-order valence-electron chi connectivity index (χ4n) is 1.99. The first-order chi connectivity index (χ1) is 7.55. The smallest absolute Gasteiger partial charge is 0.0369 e. The highest BCUT2D eigenvalue weighted by atomic mass is 14.9. The summed E-state index contributed by atoms with van der Waals surface area (Å²) in [5, 5.41) is 3.68. The van der Waals surface area contributed by atoms with Gasteiger partial charge in [-0.15, -0.1) is 0 Å². The quantitative estimate of drug-likeness (QED) is 0.733. The van der Waals surface area contributed by atoms with Crippen molar-refractivity contribution in [2.24, 2.45) is 5.41 Å². The molecule has 0 aliphatic heterocycles. The zero-order valence-electron chi connectivity index (χ0n) is 11.1. The highest BCUT2D eigenvalue weighted by Crippen LogP contribution is 2.32. The molecule has 0 aromatic heterocycles. The summed E-state index contributed by atoms with van der Waals surface area (Å²) in [6.07, 6.45) is 2.50. The zero-order chi connectivity index (χ0) is 12.0. The van der Waals surface area contributed by atoms with Gasteiger partial charge in [-0.2, -0.15) is 0 Å². The molecule has 1 aromatic carbocycles. The number of hydrogen-bond acceptors (Lipinski definition) is 1. The van der Waals surface area contributed by atoms with Crippen LogP contribution in [0.5, 0.6) is 0 Å². The van der Waals surface area contributed by atoms with E-state index in [1.165, 1.54) is 18.4 Å². The Labute approximate surface area is 100 Å². The lowest BCUT2D eigenvalue weighted by Crippen LogP contribution is -2.32. The summed E-state index contributed by atoms with van der Waals surface area (Å²) < 4.78 is 0. The molecule has 1 aromatic rings. The minimum atomic E-state index is 0.259. The maximum Gasteiger partial charge on any atom is 0.0369 e. The van der Waals surface area contributed by atoms with Gasteiger partial charge in [0.15, 0.2) is 0 Å². The Kier molecular flexibility index (Phi) is 5.01. The number of rotatable bonds is 5. The van der Waals surface area contributed by atoms with E-state index in [1.807, 2.05) is 0 Å². The topological polar surface area (TPSA) is 12.0 Å². The van der Waals surface area contributed by atoms with Crippen molar-refractivity contribution in [1.29, 1.82) is 0 Å². The summed E-state index contributed by atoms with van der Waals surface area (Å²) in [5.74, 6) is 0. The summed E-state index contributed by atoms with van der Waals surface area (Å²) in [6.45, 7) is 10.2. The number of unbranched alkanes of at least 4 members (excludes halogenated alkanes) is 1. The van der Waals surface area contributed by atoms with E-state index in [0.29, 0.717) is 6.04 Å². The largest absolute Gasteiger partial charge is 0.309 e. The van der Waals surface area contributed by atoms with Gasteiger partial charge in [0.1, 0.15) is 0 Å². The Bertz CT molecular complexity index is 284. The van der Waals surface area contributed by atoms with Crippen molar-refractivity contribution in [3.63, 3.8) is 0 Å². The van der Waals surface area contributed by atoms with Gasteiger partial charge in [-0.05, 0) is 23.9 Å². The highest BCUT2D eigenvalue weighted by molar-refractivity contribution is 5.20. The molecule has 1 rings (SSSR count). The third kappa shape index (κ3) is 3.97. The Balaban J connectivity index is 2.73. The van der Waals surface area contributed by atoms with Crippen LogP contribution in [0.25, 0.3) is 0 Å². The summed E-state index contributed by atoms with van der Waals surface area (Å²) in [6, 6.07) is 11.2. The lowest BCUT2D eigenvalue weighted by Gasteiger charge is -2.32. The molecule has 0 amide bonds. The molecule has 0 heterocycles. The molecular weight excluding hydrogens is 194 g/mol. The second-order valence-corrected chi connectivity index (χ2v) is 5.52. The van der Waals surface area contributed by atoms with Crippen molar-refractivity contribution in [2.75, 3.05) is 6.54 Å². The van der Waals surface area contributed by atoms with Crippen LogP contribution in [0.3, 0.4) is 0 Å². The molecule has 0 aliphatic rings. The molecular formula is C15H25N. The van der Waals surface area contributed by atoms with Crippen LogP contribution in [0.15, 0.2) is 30.3 Å². The second kappa shape index (κ2) is 6.05. The Morgan fingerprint density at radius 1 is 1.12 bits per heavy atom. The summed E-state index contributed by atoms with van der Waals surface area (Å²) in [7, 11) is 0. The molecule has 0 fully saturated rings. The Hall–Kier alpha value is -0.820. The minimum absolute atomic E-state index is 0.259. The first-order valence-corrected chi connectivity index (χ1v) is 6.34. The van der Waals surface area contributed by atoms with Crippen molar-refractivity contribution < 1.29 is 0 Å². The maximum absolute atomic E-state index is 3.68. The average molecular weight is 219 g/mol. The van der Waals surface area contributed by atoms with Gasteiger partial charge in [0, 0.05) is 6.04 Å². The molecule has 0 saturated heterocycles. The van der Waals surface area contributed by atoms with E-state index in [2.05, 4.69) is 63.3 Å². The first-order valence-electron chi connectivity index (χ1n) is 6.34. The molecule has 0 bridgehead atoms. The van der Waals surface area contributed by atoms with Crippen molar-refractivity contribution >= 4 is 0 Å². The van der Waals surface area contributed by atoms with Crippen LogP contribution in [0.1, 0.15) is 52.1 Å². The molecule has 0 spiro atoms. The van der Waals surface area contributed by atoms with E-state index in [4.69, 9.17) is 0 Å². The molecule has 1 unspecified atom stereocenters. The summed E-state index contributed by atoms with van der Waals surface area (Å²) in [4.78, 5) is 0. The van der Waals surface area contributed by atoms with Gasteiger partial charge in [-0.3, -0.25) is 0 Å². The molecule has 90 valence electrons. The van der Waals surface area contributed by atoms with Crippen molar-refractivity contribution in [3.05, 3.63) is 35.9 Å². The molecule has 0 saturated carbocycles. The molecule has 0 aliphatic carbocycles. The van der Waals surface area contributed by atoms with Crippen molar-refractivity contribution in [3.8, 4) is 0 Å². The van der Waals surface area contributed by atoms with Gasteiger partial charge in [-0.25, -0.2) is 0 Å². The predicted molar refractivity (Wildman–Crippen MR) is 71.5 cm³/mol. The Morgan fingerprint density at radius 3 is 2.25 bits per heavy atom. The first kappa shape index (κ1) is 13.2. The van der Waals surface area contributed by atoms with Crippen LogP contribution in [0.4, 0.5) is 0 Å². The normalized spacial score (nSPS) is 13.8. The van der Waals surface area contributed by atoms with E-state index in [-0.39, 0.29) is 5.41 Å². The van der Waals surface area contributed by atoms with Crippen LogP contribution in [-0.2, 0) is 0 Å². The summed E-state index contributed by atoms with van der Waals surface area (Å²) >= 11 is 0. The number of hydrogen-bond donors (Lipinski definition) is 1. The van der Waals surface area contributed by atoms with Crippen LogP contribution < -0.4 is 5.32 Å². The lowest BCUT2D eigenvalue weighted by atomic mass is 9.82. The van der Waals surface area contributed by atoms with Crippen molar-refractivity contribution in [2.45, 2.75) is 46.6 Å². The predicted octanol–water partition coefficient (Wildman–Crippen LogP) is 4.16. The number of nitrogens with one attached hydrogen (secondary N) is 1. The fourth-order valence-corrected chi connectivity index (χ4v) is 1.99. The van der Waals surface area contributed by atoms with E-state index >= 15 is 0 Å². The van der Waals surface area contributed by atoms with Crippen LogP contribution in [0, 0.1) is 5.41 Å². The standard InChI is InChI=1S/C15H25N/c1-5-6-12-16-14(15(2,3)4)13-10-8-7-9-11-13/h7-11,14,16H,5-6,12H2,1-4H3. The third-order valence-electron chi connectivity index (χ3n) is 2.88. The molecule has 16 heavy (non-hydrogen) atoms. The highest BCUT2D eigenvalue weighted by Gasteiger charge is 2.25. The van der Waals surface area contributed by atoms with E-state index in [0.717, 1.165) is 6.54 Å². The molecule has 1 atom stereocenters. The van der Waals surface area contributed by atoms with E-state index in [1.54, 1.807) is 0 Å². The summed E-state index contributed by atoms with van der Waals surface area (Å²) in [5.41, 5.74) is 1.65. The van der Waals surface area contributed by atoms with Crippen LogP contribution >= 0.6 is 0 Å². The molecule has 1 heteroatoms. The molecule has 0 radical (unpaired) electrons. The van der Waals surface area contributed by atoms with Gasteiger partial charge >= 0.3 is 0 Å². The van der Waals surface area contributed by atoms with Gasteiger partial charge < -0.3 is 5.32 Å². The SMILES string of the molecule is CCCCNC(c1ccccc1)C(C)(C)C. The van der Waals surface area contributed by atoms with Gasteiger partial charge in [0.05, 0.1) is 0 Å². The van der Waals surface area contributed by atoms with Gasteiger partial charge in [-0.1, -0.05) is 64.4 Å². The lowest BCUT2D eigenvalue weighted by molar-refractivity contribution is 0.272. The van der Waals surface area contributed by atoms with Gasteiger partial charge in [0.25, 0.3) is 0 Å².